The van der Waals surface area contributed by atoms with E-state index in [9.17, 15) is 0 Å². The molecule has 0 aliphatic heterocycles. The van der Waals surface area contributed by atoms with Crippen LogP contribution in [0.3, 0.4) is 0 Å². The highest BCUT2D eigenvalue weighted by atomic mass is 16.5. The van der Waals surface area contributed by atoms with Gasteiger partial charge in [-0.05, 0) is 25.1 Å². The second kappa shape index (κ2) is 7.11. The first-order valence-electron chi connectivity index (χ1n) is 5.54. The minimum atomic E-state index is 0.665. The van der Waals surface area contributed by atoms with Gasteiger partial charge in [0.2, 0.25) is 0 Å². The Balaban J connectivity index is 2.63. The highest BCUT2D eigenvalue weighted by Crippen LogP contribution is 2.24. The Hall–Kier alpha value is -1.30. The van der Waals surface area contributed by atoms with E-state index in [0.29, 0.717) is 6.67 Å². The molecule has 0 heterocycles. The van der Waals surface area contributed by atoms with Crippen molar-refractivity contribution in [3.8, 4) is 11.5 Å². The highest BCUT2D eigenvalue weighted by Gasteiger charge is 2.06. The number of nitrogens with zero attached hydrogens (tertiary/aromatic N) is 1. The Morgan fingerprint density at radius 1 is 1.29 bits per heavy atom. The summed E-state index contributed by atoms with van der Waals surface area (Å²) >= 11 is 0. The number of hydrazine groups is 1. The maximum atomic E-state index is 5.34. The molecule has 17 heavy (non-hydrogen) atoms. The zero-order chi connectivity index (χ0) is 12.7. The molecular weight excluding hydrogens is 218 g/mol. The molecule has 5 nitrogen and oxygen atoms in total. The lowest BCUT2D eigenvalue weighted by Crippen LogP contribution is -2.36. The summed E-state index contributed by atoms with van der Waals surface area (Å²) in [5.74, 6) is 6.93. The summed E-state index contributed by atoms with van der Waals surface area (Å²) in [6.07, 6.45) is 0.908. The number of methoxy groups -OCH3 is 2. The summed E-state index contributed by atoms with van der Waals surface area (Å²) in [6.45, 7) is 1.57. The van der Waals surface area contributed by atoms with E-state index in [2.05, 4.69) is 10.3 Å². The molecule has 0 bridgehead atoms. The molecule has 0 saturated heterocycles. The van der Waals surface area contributed by atoms with Crippen LogP contribution in [0.15, 0.2) is 18.2 Å². The van der Waals surface area contributed by atoms with Gasteiger partial charge in [0, 0.05) is 12.6 Å². The molecule has 0 aliphatic carbocycles. The number of likely N-dealkylation sites (N-methyl/N-ethyl adjacent to an activating group) is 1. The molecule has 0 fully saturated rings. The number of ether oxygens (including phenoxy) is 2. The minimum Gasteiger partial charge on any atom is -0.497 e. The normalized spacial score (nSPS) is 10.6. The van der Waals surface area contributed by atoms with Gasteiger partial charge in [-0.15, -0.1) is 0 Å². The summed E-state index contributed by atoms with van der Waals surface area (Å²) in [6, 6.07) is 5.87. The molecule has 0 radical (unpaired) electrons. The third-order valence-corrected chi connectivity index (χ3v) is 2.62. The van der Waals surface area contributed by atoms with Gasteiger partial charge in [0.25, 0.3) is 0 Å². The first-order valence-corrected chi connectivity index (χ1v) is 5.54. The molecule has 96 valence electrons. The standard InChI is InChI=1S/C12H21N3O2/c1-15(9-14-13)7-6-10-4-5-11(16-2)8-12(10)17-3/h4-5,8,14H,6-7,9,13H2,1-3H3. The van der Waals surface area contributed by atoms with Crippen molar-refractivity contribution in [3.63, 3.8) is 0 Å². The van der Waals surface area contributed by atoms with Crippen molar-refractivity contribution in [2.24, 2.45) is 5.84 Å². The molecule has 5 heteroatoms. The first kappa shape index (κ1) is 13.8. The van der Waals surface area contributed by atoms with Gasteiger partial charge in [0.15, 0.2) is 0 Å². The Morgan fingerprint density at radius 3 is 2.65 bits per heavy atom. The lowest BCUT2D eigenvalue weighted by molar-refractivity contribution is 0.310. The van der Waals surface area contributed by atoms with E-state index >= 15 is 0 Å². The molecule has 0 aliphatic rings. The minimum absolute atomic E-state index is 0.665. The lowest BCUT2D eigenvalue weighted by Gasteiger charge is -2.17. The largest absolute Gasteiger partial charge is 0.497 e. The number of hydrogen-bond acceptors (Lipinski definition) is 5. The summed E-state index contributed by atoms with van der Waals surface area (Å²) in [5, 5.41) is 0. The Morgan fingerprint density at radius 2 is 2.06 bits per heavy atom. The SMILES string of the molecule is COc1ccc(CCN(C)CNN)c(OC)c1. The van der Waals surface area contributed by atoms with E-state index in [1.54, 1.807) is 14.2 Å². The van der Waals surface area contributed by atoms with Crippen LogP contribution in [0, 0.1) is 0 Å². The summed E-state index contributed by atoms with van der Waals surface area (Å²) in [7, 11) is 5.33. The lowest BCUT2D eigenvalue weighted by atomic mass is 10.1. The third kappa shape index (κ3) is 4.22. The van der Waals surface area contributed by atoms with Crippen LogP contribution in [0.5, 0.6) is 11.5 Å². The fourth-order valence-electron chi connectivity index (χ4n) is 1.60. The topological polar surface area (TPSA) is 59.8 Å². The molecule has 0 saturated carbocycles. The average molecular weight is 239 g/mol. The number of benzene rings is 1. The number of nitrogens with one attached hydrogen (secondary N) is 1. The predicted octanol–water partition coefficient (Wildman–Crippen LogP) is 0.599. The Labute approximate surface area is 102 Å². The predicted molar refractivity (Wildman–Crippen MR) is 68.1 cm³/mol. The monoisotopic (exact) mass is 239 g/mol. The van der Waals surface area contributed by atoms with Gasteiger partial charge in [0.1, 0.15) is 11.5 Å². The van der Waals surface area contributed by atoms with Crippen molar-refractivity contribution in [3.05, 3.63) is 23.8 Å². The molecule has 1 aromatic rings. The van der Waals surface area contributed by atoms with Gasteiger partial charge >= 0.3 is 0 Å². The smallest absolute Gasteiger partial charge is 0.125 e. The maximum absolute atomic E-state index is 5.34. The number of hydrogen-bond donors (Lipinski definition) is 2. The van der Waals surface area contributed by atoms with Gasteiger partial charge in [-0.2, -0.15) is 0 Å². The Bertz CT molecular complexity index is 345. The van der Waals surface area contributed by atoms with Crippen LogP contribution in [0.1, 0.15) is 5.56 Å². The van der Waals surface area contributed by atoms with E-state index in [-0.39, 0.29) is 0 Å². The third-order valence-electron chi connectivity index (χ3n) is 2.62. The molecule has 0 aromatic heterocycles. The van der Waals surface area contributed by atoms with Crippen LogP contribution >= 0.6 is 0 Å². The molecular formula is C12H21N3O2. The zero-order valence-electron chi connectivity index (χ0n) is 10.7. The average Bonchev–Trinajstić information content (AvgIpc) is 2.36. The van der Waals surface area contributed by atoms with Gasteiger partial charge in [-0.25, -0.2) is 5.43 Å². The second-order valence-electron chi connectivity index (χ2n) is 3.87. The molecule has 1 aromatic carbocycles. The van der Waals surface area contributed by atoms with E-state index in [1.807, 2.05) is 25.2 Å². The van der Waals surface area contributed by atoms with Crippen molar-refractivity contribution < 1.29 is 9.47 Å². The maximum Gasteiger partial charge on any atom is 0.125 e. The fourth-order valence-corrected chi connectivity index (χ4v) is 1.60. The molecule has 0 amide bonds. The van der Waals surface area contributed by atoms with Gasteiger partial charge in [-0.1, -0.05) is 6.07 Å². The van der Waals surface area contributed by atoms with Crippen molar-refractivity contribution in [1.29, 1.82) is 0 Å². The van der Waals surface area contributed by atoms with Crippen LogP contribution in [-0.2, 0) is 6.42 Å². The van der Waals surface area contributed by atoms with Crippen molar-refractivity contribution in [2.45, 2.75) is 6.42 Å². The highest BCUT2D eigenvalue weighted by molar-refractivity contribution is 5.40. The van der Waals surface area contributed by atoms with Gasteiger partial charge in [0.05, 0.1) is 20.9 Å². The first-order chi connectivity index (χ1) is 8.21. The van der Waals surface area contributed by atoms with Crippen molar-refractivity contribution in [2.75, 3.05) is 34.5 Å². The molecule has 0 unspecified atom stereocenters. The quantitative estimate of drug-likeness (QED) is 0.414. The summed E-state index contributed by atoms with van der Waals surface area (Å²) < 4.78 is 10.5. The number of rotatable bonds is 7. The van der Waals surface area contributed by atoms with E-state index in [1.165, 1.54) is 0 Å². The van der Waals surface area contributed by atoms with Gasteiger partial charge < -0.3 is 9.47 Å². The van der Waals surface area contributed by atoms with Crippen LogP contribution in [-0.4, -0.2) is 39.4 Å². The molecule has 3 N–H and O–H groups in total. The van der Waals surface area contributed by atoms with Crippen LogP contribution < -0.4 is 20.7 Å². The van der Waals surface area contributed by atoms with E-state index < -0.39 is 0 Å². The van der Waals surface area contributed by atoms with Crippen LogP contribution in [0.25, 0.3) is 0 Å². The number of nitrogens with two attached hydrogens (primary N) is 1. The van der Waals surface area contributed by atoms with Crippen molar-refractivity contribution in [1.82, 2.24) is 10.3 Å². The summed E-state index contributed by atoms with van der Waals surface area (Å²) in [5.41, 5.74) is 3.79. The van der Waals surface area contributed by atoms with Gasteiger partial charge in [-0.3, -0.25) is 10.7 Å². The van der Waals surface area contributed by atoms with Crippen molar-refractivity contribution >= 4 is 0 Å². The van der Waals surface area contributed by atoms with E-state index in [0.717, 1.165) is 30.0 Å². The van der Waals surface area contributed by atoms with Crippen LogP contribution in [0.2, 0.25) is 0 Å². The summed E-state index contributed by atoms with van der Waals surface area (Å²) in [4.78, 5) is 2.10. The molecule has 1 rings (SSSR count). The fraction of sp³-hybridized carbons (Fsp3) is 0.500. The molecule has 0 spiro atoms. The second-order valence-corrected chi connectivity index (χ2v) is 3.87. The van der Waals surface area contributed by atoms with Crippen LogP contribution in [0.4, 0.5) is 0 Å². The zero-order valence-corrected chi connectivity index (χ0v) is 10.7. The van der Waals surface area contributed by atoms with E-state index in [4.69, 9.17) is 15.3 Å². The Kier molecular flexibility index (Phi) is 5.76. The molecule has 0 atom stereocenters.